The number of thiazole rings is 1. The van der Waals surface area contributed by atoms with Crippen molar-refractivity contribution >= 4 is 22.2 Å². The maximum atomic E-state index is 11.5. The number of ether oxygens (including phenoxy) is 1. The van der Waals surface area contributed by atoms with Crippen LogP contribution < -0.4 is 15.8 Å². The summed E-state index contributed by atoms with van der Waals surface area (Å²) in [5.74, 6) is 0.361. The minimum atomic E-state index is -0.526. The van der Waals surface area contributed by atoms with Gasteiger partial charge >= 0.3 is 0 Å². The fraction of sp³-hybridized carbons (Fsp3) is 0.143. The number of nitrogens with one attached hydrogen (secondary N) is 1. The molecule has 3 rings (SSSR count). The van der Waals surface area contributed by atoms with Gasteiger partial charge in [0.2, 0.25) is 5.88 Å². The average Bonchev–Trinajstić information content (AvgIpc) is 3.03. The number of carbonyl (C=O) groups excluding carboxylic acids is 1. The Kier molecular flexibility index (Phi) is 3.59. The van der Waals surface area contributed by atoms with Gasteiger partial charge in [-0.25, -0.2) is 0 Å². The standard InChI is InChI=1S/C14H14N4O2S/c1-16-8-10-13(17-14-18(10)6-7-21-14)20-11-5-3-2-4-9(11)12(15)19/h2-7,16H,8H2,1H3,(H2,15,19). The molecule has 0 saturated carbocycles. The molecule has 1 aromatic carbocycles. The predicted octanol–water partition coefficient (Wildman–Crippen LogP) is 2.01. The zero-order valence-electron chi connectivity index (χ0n) is 11.4. The quantitative estimate of drug-likeness (QED) is 0.755. The van der Waals surface area contributed by atoms with Gasteiger partial charge in [0.05, 0.1) is 5.56 Å². The highest BCUT2D eigenvalue weighted by Crippen LogP contribution is 2.29. The van der Waals surface area contributed by atoms with Gasteiger partial charge < -0.3 is 15.8 Å². The van der Waals surface area contributed by atoms with Crippen LogP contribution in [-0.4, -0.2) is 22.3 Å². The first-order valence-corrected chi connectivity index (χ1v) is 7.24. The molecule has 0 fully saturated rings. The smallest absolute Gasteiger partial charge is 0.252 e. The summed E-state index contributed by atoms with van der Waals surface area (Å²) in [5.41, 5.74) is 6.60. The molecule has 1 amide bonds. The van der Waals surface area contributed by atoms with Crippen LogP contribution >= 0.6 is 11.3 Å². The third kappa shape index (κ3) is 2.48. The van der Waals surface area contributed by atoms with Crippen molar-refractivity contribution < 1.29 is 9.53 Å². The van der Waals surface area contributed by atoms with Crippen molar-refractivity contribution in [3.8, 4) is 11.6 Å². The molecule has 0 aliphatic heterocycles. The maximum Gasteiger partial charge on any atom is 0.252 e. The number of aromatic nitrogens is 2. The Labute approximate surface area is 125 Å². The average molecular weight is 302 g/mol. The zero-order valence-corrected chi connectivity index (χ0v) is 12.2. The number of amides is 1. The van der Waals surface area contributed by atoms with E-state index in [4.69, 9.17) is 10.5 Å². The van der Waals surface area contributed by atoms with Crippen LogP contribution in [0.1, 0.15) is 16.1 Å². The van der Waals surface area contributed by atoms with Crippen molar-refractivity contribution in [1.29, 1.82) is 0 Å². The van der Waals surface area contributed by atoms with Crippen LogP contribution in [0.3, 0.4) is 0 Å². The Balaban J connectivity index is 2.03. The van der Waals surface area contributed by atoms with Gasteiger partial charge in [-0.2, -0.15) is 4.98 Å². The van der Waals surface area contributed by atoms with Crippen molar-refractivity contribution in [3.63, 3.8) is 0 Å². The van der Waals surface area contributed by atoms with E-state index in [1.165, 1.54) is 11.3 Å². The lowest BCUT2D eigenvalue weighted by molar-refractivity contribution is 0.0998. The third-order valence-electron chi connectivity index (χ3n) is 3.03. The number of para-hydroxylation sites is 1. The van der Waals surface area contributed by atoms with Crippen LogP contribution in [0, 0.1) is 0 Å². The molecule has 0 atom stereocenters. The number of imidazole rings is 1. The number of benzene rings is 1. The predicted molar refractivity (Wildman–Crippen MR) is 80.9 cm³/mol. The molecule has 2 aromatic heterocycles. The van der Waals surface area contributed by atoms with E-state index in [-0.39, 0.29) is 0 Å². The van der Waals surface area contributed by atoms with Crippen molar-refractivity contribution in [3.05, 3.63) is 47.1 Å². The maximum absolute atomic E-state index is 11.5. The Hall–Kier alpha value is -2.38. The first-order chi connectivity index (χ1) is 10.2. The monoisotopic (exact) mass is 302 g/mol. The van der Waals surface area contributed by atoms with Crippen LogP contribution in [0.15, 0.2) is 35.8 Å². The molecular formula is C14H14N4O2S. The Bertz CT molecular complexity index is 793. The van der Waals surface area contributed by atoms with E-state index in [0.717, 1.165) is 10.7 Å². The second kappa shape index (κ2) is 5.55. The van der Waals surface area contributed by atoms with Crippen LogP contribution in [0.2, 0.25) is 0 Å². The van der Waals surface area contributed by atoms with Gasteiger partial charge in [0.1, 0.15) is 11.4 Å². The summed E-state index contributed by atoms with van der Waals surface area (Å²) in [7, 11) is 1.85. The van der Waals surface area contributed by atoms with E-state index in [1.54, 1.807) is 24.3 Å². The molecule has 2 heterocycles. The molecule has 0 spiro atoms. The molecule has 0 bridgehead atoms. The van der Waals surface area contributed by atoms with Crippen molar-refractivity contribution in [1.82, 2.24) is 14.7 Å². The Morgan fingerprint density at radius 1 is 1.48 bits per heavy atom. The van der Waals surface area contributed by atoms with Gasteiger partial charge in [0.15, 0.2) is 4.96 Å². The van der Waals surface area contributed by atoms with Crippen LogP contribution in [0.5, 0.6) is 11.6 Å². The lowest BCUT2D eigenvalue weighted by Gasteiger charge is -2.08. The normalized spacial score (nSPS) is 10.9. The van der Waals surface area contributed by atoms with E-state index in [1.807, 2.05) is 23.0 Å². The lowest BCUT2D eigenvalue weighted by atomic mass is 10.2. The van der Waals surface area contributed by atoms with Gasteiger partial charge in [0, 0.05) is 18.1 Å². The number of hydrogen-bond donors (Lipinski definition) is 2. The molecule has 0 aliphatic rings. The van der Waals surface area contributed by atoms with Crippen molar-refractivity contribution in [2.24, 2.45) is 5.73 Å². The topological polar surface area (TPSA) is 81.6 Å². The lowest BCUT2D eigenvalue weighted by Crippen LogP contribution is -2.12. The molecule has 3 N–H and O–H groups in total. The second-order valence-corrected chi connectivity index (χ2v) is 5.29. The van der Waals surface area contributed by atoms with Gasteiger partial charge in [-0.15, -0.1) is 11.3 Å². The van der Waals surface area contributed by atoms with E-state index >= 15 is 0 Å². The highest BCUT2D eigenvalue weighted by atomic mass is 32.1. The fourth-order valence-corrected chi connectivity index (χ4v) is 2.81. The largest absolute Gasteiger partial charge is 0.436 e. The number of fused-ring (bicyclic) bond motifs is 1. The van der Waals surface area contributed by atoms with E-state index < -0.39 is 5.91 Å². The summed E-state index contributed by atoms with van der Waals surface area (Å²) in [6.45, 7) is 0.603. The number of carbonyl (C=O) groups is 1. The van der Waals surface area contributed by atoms with Crippen molar-refractivity contribution in [2.45, 2.75) is 6.54 Å². The number of hydrogen-bond acceptors (Lipinski definition) is 5. The molecule has 0 aliphatic carbocycles. The van der Waals surface area contributed by atoms with Crippen LogP contribution in [0.25, 0.3) is 4.96 Å². The third-order valence-corrected chi connectivity index (χ3v) is 3.78. The number of primary amides is 1. The molecule has 0 radical (unpaired) electrons. The summed E-state index contributed by atoms with van der Waals surface area (Å²) >= 11 is 1.52. The van der Waals surface area contributed by atoms with Gasteiger partial charge in [0.25, 0.3) is 5.91 Å². The van der Waals surface area contributed by atoms with Gasteiger partial charge in [-0.1, -0.05) is 12.1 Å². The molecule has 3 aromatic rings. The van der Waals surface area contributed by atoms with E-state index in [0.29, 0.717) is 23.7 Å². The Morgan fingerprint density at radius 3 is 3.05 bits per heavy atom. The highest BCUT2D eigenvalue weighted by Gasteiger charge is 2.17. The number of nitrogens with zero attached hydrogens (tertiary/aromatic N) is 2. The van der Waals surface area contributed by atoms with E-state index in [2.05, 4.69) is 10.3 Å². The molecule has 0 unspecified atom stereocenters. The zero-order chi connectivity index (χ0) is 14.8. The van der Waals surface area contributed by atoms with Crippen LogP contribution in [-0.2, 0) is 6.54 Å². The number of rotatable bonds is 5. The minimum Gasteiger partial charge on any atom is -0.436 e. The van der Waals surface area contributed by atoms with Gasteiger partial charge in [-0.3, -0.25) is 9.20 Å². The summed E-state index contributed by atoms with van der Waals surface area (Å²) in [4.78, 5) is 16.7. The van der Waals surface area contributed by atoms with Crippen LogP contribution in [0.4, 0.5) is 0 Å². The second-order valence-electron chi connectivity index (χ2n) is 4.41. The Morgan fingerprint density at radius 2 is 2.29 bits per heavy atom. The first kappa shape index (κ1) is 13.6. The SMILES string of the molecule is CNCc1c(Oc2ccccc2C(N)=O)nc2sccn12. The molecule has 7 heteroatoms. The van der Waals surface area contributed by atoms with E-state index in [9.17, 15) is 4.79 Å². The summed E-state index contributed by atoms with van der Waals surface area (Å²) < 4.78 is 7.79. The minimum absolute atomic E-state index is 0.337. The summed E-state index contributed by atoms with van der Waals surface area (Å²) in [6, 6.07) is 6.87. The fourth-order valence-electron chi connectivity index (χ4n) is 2.09. The first-order valence-electron chi connectivity index (χ1n) is 6.36. The summed E-state index contributed by atoms with van der Waals surface area (Å²) in [6.07, 6.45) is 1.94. The van der Waals surface area contributed by atoms with Crippen molar-refractivity contribution in [2.75, 3.05) is 7.05 Å². The molecule has 108 valence electrons. The molecule has 6 nitrogen and oxygen atoms in total. The molecular weight excluding hydrogens is 288 g/mol. The highest BCUT2D eigenvalue weighted by molar-refractivity contribution is 7.15. The molecule has 0 saturated heterocycles. The summed E-state index contributed by atoms with van der Waals surface area (Å²) in [5, 5.41) is 5.05. The van der Waals surface area contributed by atoms with Gasteiger partial charge in [-0.05, 0) is 19.2 Å². The molecule has 21 heavy (non-hydrogen) atoms. The number of nitrogens with two attached hydrogens (primary N) is 1.